The molecule has 0 saturated heterocycles. The Morgan fingerprint density at radius 2 is 1.13 bits per heavy atom. The molecule has 1 N–H and O–H groups in total. The first kappa shape index (κ1) is 12.2. The van der Waals surface area contributed by atoms with Gasteiger partial charge in [-0.3, -0.25) is 0 Å². The number of hydrogen-bond donors (Lipinski definition) is 1. The number of rotatable bonds is 1. The third-order valence-electron chi connectivity index (χ3n) is 3.45. The second-order valence-corrected chi connectivity index (χ2v) is 4.49. The Morgan fingerprint density at radius 1 is 0.800 bits per heavy atom. The molecule has 0 bridgehead atoms. The highest BCUT2D eigenvalue weighted by atomic mass is 32.1. The summed E-state index contributed by atoms with van der Waals surface area (Å²) in [4.78, 5) is 0.844. The molecular formula is C13H19NS. The molecule has 0 fully saturated rings. The highest BCUT2D eigenvalue weighted by molar-refractivity contribution is 7.80. The zero-order chi connectivity index (χ0) is 11.7. The van der Waals surface area contributed by atoms with Gasteiger partial charge in [-0.15, -0.1) is 0 Å². The predicted molar refractivity (Wildman–Crippen MR) is 70.9 cm³/mol. The molecule has 1 aromatic carbocycles. The van der Waals surface area contributed by atoms with E-state index in [9.17, 15) is 0 Å². The molecule has 1 rings (SSSR count). The van der Waals surface area contributed by atoms with Crippen LogP contribution >= 0.6 is 12.2 Å². The summed E-state index contributed by atoms with van der Waals surface area (Å²) in [5.41, 5.74) is 7.89. The minimum absolute atomic E-state index is 0.844. The van der Waals surface area contributed by atoms with E-state index < -0.39 is 0 Å². The van der Waals surface area contributed by atoms with Gasteiger partial charge < -0.3 is 5.32 Å². The molecule has 1 nitrogen and oxygen atoms in total. The normalized spacial score (nSPS) is 10.3. The van der Waals surface area contributed by atoms with Crippen LogP contribution in [-0.2, 0) is 0 Å². The maximum absolute atomic E-state index is 5.35. The van der Waals surface area contributed by atoms with Gasteiger partial charge in [-0.05, 0) is 62.4 Å². The van der Waals surface area contributed by atoms with Crippen LogP contribution in [0, 0.1) is 34.6 Å². The molecule has 2 heteroatoms. The number of benzene rings is 1. The van der Waals surface area contributed by atoms with Crippen LogP contribution in [0.4, 0.5) is 0 Å². The minimum Gasteiger partial charge on any atom is -0.379 e. The predicted octanol–water partition coefficient (Wildman–Crippen LogP) is 3.12. The van der Waals surface area contributed by atoms with E-state index in [0.717, 1.165) is 4.99 Å². The van der Waals surface area contributed by atoms with Gasteiger partial charge in [0.15, 0.2) is 0 Å². The molecule has 0 amide bonds. The lowest BCUT2D eigenvalue weighted by Crippen LogP contribution is -2.20. The first-order valence-corrected chi connectivity index (χ1v) is 5.61. The van der Waals surface area contributed by atoms with Crippen molar-refractivity contribution in [2.75, 3.05) is 7.05 Å². The van der Waals surface area contributed by atoms with Crippen molar-refractivity contribution in [2.45, 2.75) is 34.6 Å². The van der Waals surface area contributed by atoms with Crippen molar-refractivity contribution in [1.29, 1.82) is 0 Å². The molecule has 0 atom stereocenters. The van der Waals surface area contributed by atoms with E-state index >= 15 is 0 Å². The summed E-state index contributed by atoms with van der Waals surface area (Å²) in [6, 6.07) is 0. The van der Waals surface area contributed by atoms with E-state index in [0.29, 0.717) is 0 Å². The topological polar surface area (TPSA) is 12.0 Å². The molecule has 0 unspecified atom stereocenters. The molecular weight excluding hydrogens is 202 g/mol. The molecule has 0 aliphatic heterocycles. The Hall–Kier alpha value is -0.890. The molecule has 1 aromatic rings. The van der Waals surface area contributed by atoms with Crippen molar-refractivity contribution in [3.8, 4) is 0 Å². The van der Waals surface area contributed by atoms with Gasteiger partial charge in [0.2, 0.25) is 0 Å². The van der Waals surface area contributed by atoms with Crippen molar-refractivity contribution in [2.24, 2.45) is 0 Å². The molecule has 15 heavy (non-hydrogen) atoms. The average molecular weight is 221 g/mol. The van der Waals surface area contributed by atoms with Gasteiger partial charge in [0, 0.05) is 12.6 Å². The fourth-order valence-electron chi connectivity index (χ4n) is 1.97. The van der Waals surface area contributed by atoms with Crippen LogP contribution in [0.5, 0.6) is 0 Å². The maximum atomic E-state index is 5.35. The van der Waals surface area contributed by atoms with Crippen LogP contribution < -0.4 is 5.32 Å². The van der Waals surface area contributed by atoms with Crippen LogP contribution in [0.2, 0.25) is 0 Å². The third kappa shape index (κ3) is 1.91. The van der Waals surface area contributed by atoms with Crippen molar-refractivity contribution < 1.29 is 0 Å². The highest BCUT2D eigenvalue weighted by Gasteiger charge is 2.14. The van der Waals surface area contributed by atoms with Crippen molar-refractivity contribution >= 4 is 17.2 Å². The number of thiocarbonyl (C=S) groups is 1. The van der Waals surface area contributed by atoms with Crippen LogP contribution in [0.1, 0.15) is 33.4 Å². The lowest BCUT2D eigenvalue weighted by Gasteiger charge is -2.18. The summed E-state index contributed by atoms with van der Waals surface area (Å²) in [6.45, 7) is 10.8. The van der Waals surface area contributed by atoms with E-state index in [1.54, 1.807) is 0 Å². The van der Waals surface area contributed by atoms with Crippen molar-refractivity contribution in [1.82, 2.24) is 5.32 Å². The zero-order valence-electron chi connectivity index (χ0n) is 10.4. The molecule has 0 radical (unpaired) electrons. The Morgan fingerprint density at radius 3 is 1.47 bits per heavy atom. The lowest BCUT2D eigenvalue weighted by atomic mass is 9.89. The lowest BCUT2D eigenvalue weighted by molar-refractivity contribution is 1.13. The van der Waals surface area contributed by atoms with Crippen LogP contribution in [0.25, 0.3) is 0 Å². The Labute approximate surface area is 97.9 Å². The molecule has 82 valence electrons. The summed E-state index contributed by atoms with van der Waals surface area (Å²) in [7, 11) is 1.88. The Kier molecular flexibility index (Phi) is 3.50. The van der Waals surface area contributed by atoms with E-state index in [4.69, 9.17) is 12.2 Å². The zero-order valence-corrected chi connectivity index (χ0v) is 11.2. The molecule has 0 aliphatic carbocycles. The Bertz CT molecular complexity index is 390. The van der Waals surface area contributed by atoms with Gasteiger partial charge in [-0.25, -0.2) is 0 Å². The molecule has 0 spiro atoms. The van der Waals surface area contributed by atoms with Crippen LogP contribution in [-0.4, -0.2) is 12.0 Å². The summed E-state index contributed by atoms with van der Waals surface area (Å²) in [5, 5.41) is 3.07. The van der Waals surface area contributed by atoms with E-state index in [2.05, 4.69) is 39.9 Å². The summed E-state index contributed by atoms with van der Waals surface area (Å²) < 4.78 is 0. The number of nitrogens with one attached hydrogen (secondary N) is 1. The summed E-state index contributed by atoms with van der Waals surface area (Å²) in [6.07, 6.45) is 0. The van der Waals surface area contributed by atoms with Crippen LogP contribution in [0.15, 0.2) is 0 Å². The summed E-state index contributed by atoms with van der Waals surface area (Å²) >= 11 is 5.35. The second kappa shape index (κ2) is 4.31. The van der Waals surface area contributed by atoms with E-state index in [1.165, 1.54) is 33.4 Å². The van der Waals surface area contributed by atoms with Crippen LogP contribution in [0.3, 0.4) is 0 Å². The van der Waals surface area contributed by atoms with Gasteiger partial charge in [0.25, 0.3) is 0 Å². The fourth-order valence-corrected chi connectivity index (χ4v) is 2.27. The van der Waals surface area contributed by atoms with E-state index in [1.807, 2.05) is 7.05 Å². The molecule has 0 saturated carbocycles. The molecule has 0 aromatic heterocycles. The Balaban J connectivity index is 3.60. The van der Waals surface area contributed by atoms with E-state index in [-0.39, 0.29) is 0 Å². The minimum atomic E-state index is 0.844. The largest absolute Gasteiger partial charge is 0.379 e. The molecule has 0 aliphatic rings. The smallest absolute Gasteiger partial charge is 0.106 e. The number of hydrogen-bond acceptors (Lipinski definition) is 1. The SMILES string of the molecule is CNC(=S)c1c(C)c(C)c(C)c(C)c1C. The van der Waals surface area contributed by atoms with Crippen molar-refractivity contribution in [3.63, 3.8) is 0 Å². The first-order valence-electron chi connectivity index (χ1n) is 5.20. The van der Waals surface area contributed by atoms with Gasteiger partial charge in [0.1, 0.15) is 4.99 Å². The highest BCUT2D eigenvalue weighted by Crippen LogP contribution is 2.26. The van der Waals surface area contributed by atoms with Gasteiger partial charge in [-0.1, -0.05) is 12.2 Å². The second-order valence-electron chi connectivity index (χ2n) is 4.08. The van der Waals surface area contributed by atoms with Gasteiger partial charge >= 0.3 is 0 Å². The first-order chi connectivity index (χ1) is 6.91. The standard InChI is InChI=1S/C13H19NS/c1-7-8(2)10(4)12(13(15)14-6)11(5)9(7)3/h1-6H3,(H,14,15). The van der Waals surface area contributed by atoms with Gasteiger partial charge in [-0.2, -0.15) is 0 Å². The third-order valence-corrected chi connectivity index (χ3v) is 3.86. The van der Waals surface area contributed by atoms with Crippen molar-refractivity contribution in [3.05, 3.63) is 33.4 Å². The van der Waals surface area contributed by atoms with Gasteiger partial charge in [0.05, 0.1) is 0 Å². The summed E-state index contributed by atoms with van der Waals surface area (Å²) in [5.74, 6) is 0. The monoisotopic (exact) mass is 221 g/mol. The molecule has 0 heterocycles. The quantitative estimate of drug-likeness (QED) is 0.731. The average Bonchev–Trinajstić information content (AvgIpc) is 2.23. The maximum Gasteiger partial charge on any atom is 0.106 e. The fraction of sp³-hybridized carbons (Fsp3) is 0.462.